The van der Waals surface area contributed by atoms with Crippen LogP contribution in [0.25, 0.3) is 0 Å². The van der Waals surface area contributed by atoms with Gasteiger partial charge in [0, 0.05) is 6.04 Å². The van der Waals surface area contributed by atoms with Crippen molar-refractivity contribution >= 4 is 18.5 Å². The summed E-state index contributed by atoms with van der Waals surface area (Å²) >= 11 is 0. The minimum absolute atomic E-state index is 0.275. The molecule has 0 bridgehead atoms. The molecule has 23 heavy (non-hydrogen) atoms. The van der Waals surface area contributed by atoms with Crippen molar-refractivity contribution in [3.05, 3.63) is 60.7 Å². The molecule has 0 aromatic heterocycles. The van der Waals surface area contributed by atoms with Crippen LogP contribution in [-0.4, -0.2) is 30.7 Å². The summed E-state index contributed by atoms with van der Waals surface area (Å²) < 4.78 is 0. The fraction of sp³-hybridized carbons (Fsp3) is 0.429. The van der Waals surface area contributed by atoms with Crippen molar-refractivity contribution in [3.63, 3.8) is 0 Å². The van der Waals surface area contributed by atoms with Crippen LogP contribution in [0.2, 0.25) is 0 Å². The van der Waals surface area contributed by atoms with Gasteiger partial charge in [0.2, 0.25) is 0 Å². The van der Waals surface area contributed by atoms with Gasteiger partial charge in [0.15, 0.2) is 0 Å². The summed E-state index contributed by atoms with van der Waals surface area (Å²) in [6.45, 7) is 2.41. The second kappa shape index (κ2) is 7.60. The number of benzene rings is 2. The summed E-state index contributed by atoms with van der Waals surface area (Å²) in [4.78, 5) is 2.41. The molecule has 1 fully saturated rings. The predicted octanol–water partition coefficient (Wildman–Crippen LogP) is 4.24. The molecule has 1 unspecified atom stereocenters. The summed E-state index contributed by atoms with van der Waals surface area (Å²) in [7, 11) is 4.18. The van der Waals surface area contributed by atoms with Crippen LogP contribution < -0.4 is 10.6 Å². The molecule has 0 heterocycles. The van der Waals surface area contributed by atoms with Gasteiger partial charge in [-0.1, -0.05) is 67.1 Å². The van der Waals surface area contributed by atoms with Gasteiger partial charge in [-0.25, -0.2) is 0 Å². The van der Waals surface area contributed by atoms with Crippen molar-refractivity contribution in [2.45, 2.75) is 37.9 Å². The summed E-state index contributed by atoms with van der Waals surface area (Å²) in [5, 5.41) is 3.08. The molecule has 3 atom stereocenters. The van der Waals surface area contributed by atoms with Crippen molar-refractivity contribution in [2.75, 3.05) is 14.1 Å². The molecule has 2 aromatic rings. The van der Waals surface area contributed by atoms with Gasteiger partial charge in [0.1, 0.15) is 0 Å². The Balaban J connectivity index is 1.98. The van der Waals surface area contributed by atoms with E-state index in [2.05, 4.69) is 86.6 Å². The Labute approximate surface area is 142 Å². The van der Waals surface area contributed by atoms with E-state index in [0.29, 0.717) is 6.04 Å². The third-order valence-corrected chi connectivity index (χ3v) is 8.38. The van der Waals surface area contributed by atoms with E-state index in [-0.39, 0.29) is 7.92 Å². The zero-order valence-electron chi connectivity index (χ0n) is 14.5. The Kier molecular flexibility index (Phi) is 5.51. The molecule has 0 spiro atoms. The highest BCUT2D eigenvalue weighted by molar-refractivity contribution is 7.73. The van der Waals surface area contributed by atoms with Crippen LogP contribution >= 0.6 is 7.92 Å². The fourth-order valence-electron chi connectivity index (χ4n) is 3.94. The highest BCUT2D eigenvalue weighted by Gasteiger charge is 2.38. The van der Waals surface area contributed by atoms with E-state index in [4.69, 9.17) is 0 Å². The lowest BCUT2D eigenvalue weighted by molar-refractivity contribution is 0.232. The smallest absolute Gasteiger partial charge is 0.00953 e. The van der Waals surface area contributed by atoms with E-state index in [0.717, 1.165) is 11.6 Å². The van der Waals surface area contributed by atoms with Crippen molar-refractivity contribution in [1.29, 1.82) is 0 Å². The predicted molar refractivity (Wildman–Crippen MR) is 103 cm³/mol. The molecule has 2 aromatic carbocycles. The molecule has 0 saturated heterocycles. The molecule has 1 aliphatic carbocycles. The number of hydrogen-bond acceptors (Lipinski definition) is 1. The summed E-state index contributed by atoms with van der Waals surface area (Å²) in [6, 6.07) is 23.1. The molecule has 0 radical (unpaired) electrons. The number of rotatable bonds is 5. The normalized spacial score (nSPS) is 22.7. The van der Waals surface area contributed by atoms with E-state index >= 15 is 0 Å². The van der Waals surface area contributed by atoms with E-state index in [1.165, 1.54) is 29.9 Å². The largest absolute Gasteiger partial charge is 0.306 e. The summed E-state index contributed by atoms with van der Waals surface area (Å²) in [6.07, 6.45) is 4.13. The molecule has 1 saturated carbocycles. The molecule has 1 aliphatic rings. The first-order chi connectivity index (χ1) is 11.2. The standard InChI is InChI=1S/C21H28NP/c1-17(22(2)3)20-15-10-16-21(20)23(18-11-6-4-7-12-18)19-13-8-5-9-14-19/h4-9,11-14,17,20-21H,10,15-16H2,1-3H3/t17?,20-,21-/m1/s1. The lowest BCUT2D eigenvalue weighted by atomic mass is 9.98. The Morgan fingerprint density at radius 2 is 1.39 bits per heavy atom. The molecule has 122 valence electrons. The van der Waals surface area contributed by atoms with E-state index in [9.17, 15) is 0 Å². The average Bonchev–Trinajstić information content (AvgIpc) is 3.05. The van der Waals surface area contributed by atoms with E-state index < -0.39 is 0 Å². The lowest BCUT2D eigenvalue weighted by Crippen LogP contribution is -2.38. The van der Waals surface area contributed by atoms with Gasteiger partial charge in [-0.2, -0.15) is 0 Å². The first-order valence-corrected chi connectivity index (χ1v) is 10.2. The van der Waals surface area contributed by atoms with Gasteiger partial charge >= 0.3 is 0 Å². The van der Waals surface area contributed by atoms with Gasteiger partial charge in [-0.05, 0) is 64.0 Å². The topological polar surface area (TPSA) is 3.24 Å². The first kappa shape index (κ1) is 16.7. The Hall–Kier alpha value is -1.17. The van der Waals surface area contributed by atoms with Crippen LogP contribution in [0.3, 0.4) is 0 Å². The molecular weight excluding hydrogens is 297 g/mol. The SMILES string of the molecule is CC([C@H]1CCC[C@H]1P(c1ccccc1)c1ccccc1)N(C)C. The van der Waals surface area contributed by atoms with Crippen molar-refractivity contribution in [1.82, 2.24) is 4.90 Å². The van der Waals surface area contributed by atoms with Crippen LogP contribution in [0, 0.1) is 5.92 Å². The van der Waals surface area contributed by atoms with Crippen molar-refractivity contribution in [3.8, 4) is 0 Å². The maximum absolute atomic E-state index is 2.41. The van der Waals surface area contributed by atoms with Crippen molar-refractivity contribution < 1.29 is 0 Å². The summed E-state index contributed by atoms with van der Waals surface area (Å²) in [5.74, 6) is 0.802. The zero-order valence-corrected chi connectivity index (χ0v) is 15.4. The van der Waals surface area contributed by atoms with E-state index in [1.54, 1.807) is 0 Å². The van der Waals surface area contributed by atoms with Crippen LogP contribution in [-0.2, 0) is 0 Å². The minimum atomic E-state index is -0.275. The van der Waals surface area contributed by atoms with Crippen LogP contribution in [0.15, 0.2) is 60.7 Å². The van der Waals surface area contributed by atoms with E-state index in [1.807, 2.05) is 0 Å². The monoisotopic (exact) mass is 325 g/mol. The quantitative estimate of drug-likeness (QED) is 0.743. The lowest BCUT2D eigenvalue weighted by Gasteiger charge is -2.36. The highest BCUT2D eigenvalue weighted by Crippen LogP contribution is 2.51. The zero-order chi connectivity index (χ0) is 16.2. The Bertz CT molecular complexity index is 556. The molecule has 0 amide bonds. The maximum atomic E-state index is 2.41. The number of hydrogen-bond donors (Lipinski definition) is 0. The highest BCUT2D eigenvalue weighted by atomic mass is 31.1. The molecule has 0 N–H and O–H groups in total. The molecule has 2 heteroatoms. The van der Waals surface area contributed by atoms with Gasteiger partial charge in [-0.15, -0.1) is 0 Å². The third-order valence-electron chi connectivity index (χ3n) is 5.37. The molecule has 0 aliphatic heterocycles. The van der Waals surface area contributed by atoms with Gasteiger partial charge < -0.3 is 4.90 Å². The van der Waals surface area contributed by atoms with Gasteiger partial charge in [0.05, 0.1) is 0 Å². The molecule has 3 rings (SSSR count). The number of nitrogens with zero attached hydrogens (tertiary/aromatic N) is 1. The maximum Gasteiger partial charge on any atom is 0.00953 e. The van der Waals surface area contributed by atoms with Crippen LogP contribution in [0.5, 0.6) is 0 Å². The third kappa shape index (κ3) is 3.67. The molecule has 1 nitrogen and oxygen atoms in total. The van der Waals surface area contributed by atoms with Crippen LogP contribution in [0.1, 0.15) is 26.2 Å². The molecular formula is C21H28NP. The Morgan fingerprint density at radius 3 is 1.87 bits per heavy atom. The van der Waals surface area contributed by atoms with Crippen molar-refractivity contribution in [2.24, 2.45) is 5.92 Å². The van der Waals surface area contributed by atoms with Gasteiger partial charge in [-0.3, -0.25) is 0 Å². The fourth-order valence-corrected chi connectivity index (χ4v) is 7.22. The first-order valence-electron chi connectivity index (χ1n) is 8.74. The Morgan fingerprint density at radius 1 is 0.870 bits per heavy atom. The second-order valence-electron chi connectivity index (χ2n) is 6.91. The van der Waals surface area contributed by atoms with Crippen LogP contribution in [0.4, 0.5) is 0 Å². The minimum Gasteiger partial charge on any atom is -0.306 e. The average molecular weight is 325 g/mol. The summed E-state index contributed by atoms with van der Waals surface area (Å²) in [5.41, 5.74) is 0.798. The second-order valence-corrected chi connectivity index (χ2v) is 9.34. The van der Waals surface area contributed by atoms with Gasteiger partial charge in [0.25, 0.3) is 0 Å².